The number of imidazole rings is 1. The van der Waals surface area contributed by atoms with Gasteiger partial charge in [0, 0.05) is 24.4 Å². The topological polar surface area (TPSA) is 86.7 Å². The van der Waals surface area contributed by atoms with Gasteiger partial charge in [-0.3, -0.25) is 14.3 Å². The lowest BCUT2D eigenvalue weighted by Gasteiger charge is -2.13. The van der Waals surface area contributed by atoms with Crippen molar-refractivity contribution in [3.8, 4) is 5.69 Å². The van der Waals surface area contributed by atoms with Gasteiger partial charge in [0.25, 0.3) is 5.91 Å². The largest absolute Gasteiger partial charge is 0.364 e. The number of carbonyl (C=O) groups excluding carboxylic acids is 1. The fraction of sp³-hybridized carbons (Fsp3) is 0.0526. The number of hydrogen-bond donors (Lipinski definition) is 1. The highest BCUT2D eigenvalue weighted by Gasteiger charge is 2.17. The second kappa shape index (κ2) is 6.16. The van der Waals surface area contributed by atoms with Gasteiger partial charge in [-0.2, -0.15) is 0 Å². The molecule has 1 amide bonds. The maximum atomic E-state index is 11.9. The van der Waals surface area contributed by atoms with Crippen LogP contribution in [0, 0.1) is 0 Å². The molecule has 122 valence electrons. The first-order chi connectivity index (χ1) is 12.2. The molecule has 25 heavy (non-hydrogen) atoms. The minimum absolute atomic E-state index is 0.263. The summed E-state index contributed by atoms with van der Waals surface area (Å²) < 4.78 is 1.86. The Bertz CT molecular complexity index is 1060. The number of amides is 1. The van der Waals surface area contributed by atoms with Crippen molar-refractivity contribution in [2.24, 2.45) is 5.73 Å². The van der Waals surface area contributed by atoms with Crippen molar-refractivity contribution in [3.63, 3.8) is 0 Å². The van der Waals surface area contributed by atoms with E-state index in [1.807, 2.05) is 53.1 Å². The van der Waals surface area contributed by atoms with Crippen molar-refractivity contribution >= 4 is 17.1 Å². The molecule has 0 aliphatic heterocycles. The lowest BCUT2D eigenvalue weighted by molar-refractivity contribution is 0.0994. The van der Waals surface area contributed by atoms with Crippen molar-refractivity contribution in [2.75, 3.05) is 0 Å². The van der Waals surface area contributed by atoms with Gasteiger partial charge in [-0.1, -0.05) is 30.3 Å². The lowest BCUT2D eigenvalue weighted by Crippen LogP contribution is -2.18. The SMILES string of the molecule is NC(=O)c1nccc(-n2cnc3cccnc32)c1Cc1ccccc1. The molecule has 0 saturated carbocycles. The monoisotopic (exact) mass is 329 g/mol. The van der Waals surface area contributed by atoms with Crippen molar-refractivity contribution in [2.45, 2.75) is 6.42 Å². The number of benzene rings is 1. The fourth-order valence-corrected chi connectivity index (χ4v) is 2.92. The molecule has 0 unspecified atom stereocenters. The summed E-state index contributed by atoms with van der Waals surface area (Å²) in [7, 11) is 0. The fourth-order valence-electron chi connectivity index (χ4n) is 2.92. The Labute approximate surface area is 144 Å². The zero-order valence-electron chi connectivity index (χ0n) is 13.3. The molecule has 0 aliphatic carbocycles. The molecule has 0 saturated heterocycles. The Balaban J connectivity index is 1.93. The lowest BCUT2D eigenvalue weighted by atomic mass is 10.0. The number of primary amides is 1. The molecule has 4 aromatic rings. The van der Waals surface area contributed by atoms with Crippen LogP contribution >= 0.6 is 0 Å². The van der Waals surface area contributed by atoms with E-state index in [2.05, 4.69) is 15.0 Å². The highest BCUT2D eigenvalue weighted by atomic mass is 16.1. The summed E-state index contributed by atoms with van der Waals surface area (Å²) in [6.45, 7) is 0. The quantitative estimate of drug-likeness (QED) is 0.623. The van der Waals surface area contributed by atoms with E-state index >= 15 is 0 Å². The minimum Gasteiger partial charge on any atom is -0.364 e. The van der Waals surface area contributed by atoms with Gasteiger partial charge in [0.2, 0.25) is 0 Å². The Kier molecular flexibility index (Phi) is 3.70. The van der Waals surface area contributed by atoms with Crippen LogP contribution in [0.3, 0.4) is 0 Å². The first-order valence-corrected chi connectivity index (χ1v) is 7.84. The average Bonchev–Trinajstić information content (AvgIpc) is 3.06. The Morgan fingerprint density at radius 3 is 2.60 bits per heavy atom. The van der Waals surface area contributed by atoms with E-state index in [9.17, 15) is 4.79 Å². The zero-order valence-corrected chi connectivity index (χ0v) is 13.3. The molecule has 2 N–H and O–H groups in total. The number of nitrogens with two attached hydrogens (primary N) is 1. The molecule has 1 aromatic carbocycles. The average molecular weight is 329 g/mol. The summed E-state index contributed by atoms with van der Waals surface area (Å²) in [6.07, 6.45) is 5.54. The smallest absolute Gasteiger partial charge is 0.267 e. The predicted octanol–water partition coefficient (Wildman–Crippen LogP) is 2.51. The number of hydrogen-bond acceptors (Lipinski definition) is 4. The second-order valence-electron chi connectivity index (χ2n) is 5.64. The van der Waals surface area contributed by atoms with Crippen molar-refractivity contribution in [1.29, 1.82) is 0 Å². The van der Waals surface area contributed by atoms with Gasteiger partial charge in [0.1, 0.15) is 17.5 Å². The summed E-state index contributed by atoms with van der Waals surface area (Å²) in [4.78, 5) is 24.9. The summed E-state index contributed by atoms with van der Waals surface area (Å²) >= 11 is 0. The molecule has 3 aromatic heterocycles. The minimum atomic E-state index is -0.551. The van der Waals surface area contributed by atoms with Crippen LogP contribution in [-0.2, 0) is 6.42 Å². The summed E-state index contributed by atoms with van der Waals surface area (Å²) in [5.41, 5.74) is 9.95. The first-order valence-electron chi connectivity index (χ1n) is 7.84. The normalized spacial score (nSPS) is 10.9. The predicted molar refractivity (Wildman–Crippen MR) is 94.4 cm³/mol. The Morgan fingerprint density at radius 2 is 1.80 bits per heavy atom. The number of aromatic nitrogens is 4. The van der Waals surface area contributed by atoms with Crippen LogP contribution in [0.2, 0.25) is 0 Å². The molecule has 4 rings (SSSR count). The standard InChI is InChI=1S/C19H15N5O/c20-18(25)17-14(11-13-5-2-1-3-6-13)16(8-10-21-17)24-12-23-15-7-4-9-22-19(15)24/h1-10,12H,11H2,(H2,20,25). The third kappa shape index (κ3) is 2.74. The van der Waals surface area contributed by atoms with Crippen LogP contribution in [-0.4, -0.2) is 25.4 Å². The third-order valence-corrected chi connectivity index (χ3v) is 4.05. The van der Waals surface area contributed by atoms with Crippen LogP contribution in [0.5, 0.6) is 0 Å². The number of rotatable bonds is 4. The van der Waals surface area contributed by atoms with Gasteiger partial charge >= 0.3 is 0 Å². The highest BCUT2D eigenvalue weighted by Crippen LogP contribution is 2.24. The maximum Gasteiger partial charge on any atom is 0.267 e. The van der Waals surface area contributed by atoms with Crippen LogP contribution in [0.25, 0.3) is 16.9 Å². The molecule has 6 nitrogen and oxygen atoms in total. The molecule has 0 radical (unpaired) electrons. The maximum absolute atomic E-state index is 11.9. The van der Waals surface area contributed by atoms with Crippen molar-refractivity contribution in [3.05, 3.63) is 84.1 Å². The van der Waals surface area contributed by atoms with Gasteiger partial charge in [-0.25, -0.2) is 9.97 Å². The van der Waals surface area contributed by atoms with Crippen molar-refractivity contribution in [1.82, 2.24) is 19.5 Å². The number of nitrogens with zero attached hydrogens (tertiary/aromatic N) is 4. The van der Waals surface area contributed by atoms with Crippen LogP contribution in [0.1, 0.15) is 21.6 Å². The summed E-state index contributed by atoms with van der Waals surface area (Å²) in [5, 5.41) is 0. The zero-order chi connectivity index (χ0) is 17.2. The molecule has 0 atom stereocenters. The third-order valence-electron chi connectivity index (χ3n) is 4.05. The molecule has 3 heterocycles. The first kappa shape index (κ1) is 15.0. The van der Waals surface area contributed by atoms with E-state index in [0.29, 0.717) is 6.42 Å². The summed E-state index contributed by atoms with van der Waals surface area (Å²) in [5.74, 6) is -0.551. The van der Waals surface area contributed by atoms with Gasteiger partial charge in [0.15, 0.2) is 5.65 Å². The molecular formula is C19H15N5O. The van der Waals surface area contributed by atoms with E-state index in [0.717, 1.165) is 28.0 Å². The van der Waals surface area contributed by atoms with Crippen LogP contribution in [0.15, 0.2) is 67.3 Å². The molecule has 0 aliphatic rings. The van der Waals surface area contributed by atoms with E-state index in [1.54, 1.807) is 18.7 Å². The molecular weight excluding hydrogens is 314 g/mol. The number of carbonyl (C=O) groups is 1. The second-order valence-corrected chi connectivity index (χ2v) is 5.64. The van der Waals surface area contributed by atoms with Crippen LogP contribution in [0.4, 0.5) is 0 Å². The van der Waals surface area contributed by atoms with E-state index in [1.165, 1.54) is 0 Å². The van der Waals surface area contributed by atoms with E-state index in [4.69, 9.17) is 5.73 Å². The summed E-state index contributed by atoms with van der Waals surface area (Å²) in [6, 6.07) is 15.5. The molecule has 0 fully saturated rings. The molecule has 6 heteroatoms. The van der Waals surface area contributed by atoms with Gasteiger partial charge < -0.3 is 5.73 Å². The van der Waals surface area contributed by atoms with E-state index < -0.39 is 5.91 Å². The highest BCUT2D eigenvalue weighted by molar-refractivity contribution is 5.93. The van der Waals surface area contributed by atoms with Crippen molar-refractivity contribution < 1.29 is 4.79 Å². The Hall–Kier alpha value is -3.54. The van der Waals surface area contributed by atoms with Gasteiger partial charge in [0.05, 0.1) is 5.69 Å². The Morgan fingerprint density at radius 1 is 0.960 bits per heavy atom. The number of pyridine rings is 2. The van der Waals surface area contributed by atoms with Gasteiger partial charge in [-0.05, 0) is 23.8 Å². The van der Waals surface area contributed by atoms with Crippen LogP contribution < -0.4 is 5.73 Å². The molecule has 0 spiro atoms. The molecule has 0 bridgehead atoms. The number of fused-ring (bicyclic) bond motifs is 1. The van der Waals surface area contributed by atoms with E-state index in [-0.39, 0.29) is 5.69 Å². The van der Waals surface area contributed by atoms with Gasteiger partial charge in [-0.15, -0.1) is 0 Å².